The average molecular weight is 341 g/mol. The number of para-hydroxylation sites is 1. The fraction of sp³-hybridized carbons (Fsp3) is 0.167. The summed E-state index contributed by atoms with van der Waals surface area (Å²) in [5.41, 5.74) is 2.50. The Morgan fingerprint density at radius 1 is 1.21 bits per heavy atom. The number of rotatable bonds is 4. The van der Waals surface area contributed by atoms with Gasteiger partial charge in [-0.25, -0.2) is 9.97 Å². The lowest BCUT2D eigenvalue weighted by molar-refractivity contribution is -0.114. The summed E-state index contributed by atoms with van der Waals surface area (Å²) in [4.78, 5) is 22.6. The second-order valence-electron chi connectivity index (χ2n) is 5.58. The molecule has 0 saturated heterocycles. The maximum atomic E-state index is 12.3. The topological polar surface area (TPSA) is 58.1 Å². The van der Waals surface area contributed by atoms with Gasteiger partial charge in [-0.3, -0.25) is 4.79 Å². The molecule has 0 aliphatic heterocycles. The Labute approximate surface area is 145 Å². The van der Waals surface area contributed by atoms with E-state index in [0.29, 0.717) is 10.7 Å². The molecule has 122 valence electrons. The van der Waals surface area contributed by atoms with E-state index in [4.69, 9.17) is 11.6 Å². The number of fused-ring (bicyclic) bond motifs is 1. The van der Waals surface area contributed by atoms with Gasteiger partial charge in [0.1, 0.15) is 12.1 Å². The van der Waals surface area contributed by atoms with E-state index in [0.717, 1.165) is 22.3 Å². The highest BCUT2D eigenvalue weighted by Gasteiger charge is 2.12. The van der Waals surface area contributed by atoms with Crippen molar-refractivity contribution in [3.63, 3.8) is 0 Å². The van der Waals surface area contributed by atoms with Crippen LogP contribution in [0.15, 0.2) is 48.8 Å². The SMILES string of the molecule is Cc1ccc(NC(=O)CN(C)c2ncnc3ccccc23)cc1Cl. The summed E-state index contributed by atoms with van der Waals surface area (Å²) < 4.78 is 0. The van der Waals surface area contributed by atoms with Gasteiger partial charge in [-0.2, -0.15) is 0 Å². The molecule has 0 atom stereocenters. The van der Waals surface area contributed by atoms with E-state index in [9.17, 15) is 4.79 Å². The molecular weight excluding hydrogens is 324 g/mol. The third kappa shape index (κ3) is 3.46. The number of carbonyl (C=O) groups is 1. The summed E-state index contributed by atoms with van der Waals surface area (Å²) in [6.45, 7) is 2.09. The molecule has 0 bridgehead atoms. The number of hydrogen-bond acceptors (Lipinski definition) is 4. The summed E-state index contributed by atoms with van der Waals surface area (Å²) in [5, 5.41) is 4.39. The van der Waals surface area contributed by atoms with Crippen molar-refractivity contribution >= 4 is 39.9 Å². The molecular formula is C18H17ClN4O. The minimum absolute atomic E-state index is 0.139. The molecule has 0 saturated carbocycles. The second kappa shape index (κ2) is 6.84. The number of benzene rings is 2. The van der Waals surface area contributed by atoms with Gasteiger partial charge in [-0.1, -0.05) is 29.8 Å². The van der Waals surface area contributed by atoms with Crippen molar-refractivity contribution in [3.8, 4) is 0 Å². The van der Waals surface area contributed by atoms with Crippen molar-refractivity contribution in [3.05, 3.63) is 59.4 Å². The predicted octanol–water partition coefficient (Wildman–Crippen LogP) is 3.67. The van der Waals surface area contributed by atoms with E-state index in [2.05, 4.69) is 15.3 Å². The molecule has 0 spiro atoms. The normalized spacial score (nSPS) is 10.6. The zero-order valence-electron chi connectivity index (χ0n) is 13.5. The predicted molar refractivity (Wildman–Crippen MR) is 97.6 cm³/mol. The fourth-order valence-electron chi connectivity index (χ4n) is 2.46. The molecule has 1 aromatic heterocycles. The lowest BCUT2D eigenvalue weighted by atomic mass is 10.2. The molecule has 1 N–H and O–H groups in total. The second-order valence-corrected chi connectivity index (χ2v) is 5.99. The number of hydrogen-bond donors (Lipinski definition) is 1. The smallest absolute Gasteiger partial charge is 0.243 e. The van der Waals surface area contributed by atoms with Gasteiger partial charge in [-0.15, -0.1) is 0 Å². The zero-order chi connectivity index (χ0) is 17.1. The molecule has 24 heavy (non-hydrogen) atoms. The van der Waals surface area contributed by atoms with Gasteiger partial charge in [-0.05, 0) is 36.8 Å². The minimum Gasteiger partial charge on any atom is -0.350 e. The van der Waals surface area contributed by atoms with Crippen LogP contribution < -0.4 is 10.2 Å². The number of nitrogens with one attached hydrogen (secondary N) is 1. The standard InChI is InChI=1S/C18H17ClN4O/c1-12-7-8-13(9-15(12)19)22-17(24)10-23(2)18-14-5-3-4-6-16(14)20-11-21-18/h3-9,11H,10H2,1-2H3,(H,22,24). The molecule has 0 unspecified atom stereocenters. The first-order chi connectivity index (χ1) is 11.5. The van der Waals surface area contributed by atoms with Crippen LogP contribution in [-0.4, -0.2) is 29.5 Å². The van der Waals surface area contributed by atoms with Crippen molar-refractivity contribution in [2.24, 2.45) is 0 Å². The van der Waals surface area contributed by atoms with E-state index in [-0.39, 0.29) is 12.5 Å². The van der Waals surface area contributed by atoms with Crippen LogP contribution in [0.4, 0.5) is 11.5 Å². The number of anilines is 2. The quantitative estimate of drug-likeness (QED) is 0.787. The first-order valence-electron chi connectivity index (χ1n) is 7.51. The Morgan fingerprint density at radius 2 is 2.00 bits per heavy atom. The van der Waals surface area contributed by atoms with Crippen LogP contribution in [0, 0.1) is 6.92 Å². The number of amides is 1. The molecule has 5 nitrogen and oxygen atoms in total. The van der Waals surface area contributed by atoms with Crippen molar-refractivity contribution in [1.29, 1.82) is 0 Å². The Bertz CT molecular complexity index is 892. The highest BCUT2D eigenvalue weighted by molar-refractivity contribution is 6.31. The van der Waals surface area contributed by atoms with Crippen LogP contribution in [0.3, 0.4) is 0 Å². The molecule has 6 heteroatoms. The molecule has 1 amide bonds. The van der Waals surface area contributed by atoms with Crippen molar-refractivity contribution in [2.75, 3.05) is 23.8 Å². The van der Waals surface area contributed by atoms with Gasteiger partial charge < -0.3 is 10.2 Å². The highest BCUT2D eigenvalue weighted by atomic mass is 35.5. The summed E-state index contributed by atoms with van der Waals surface area (Å²) in [5.74, 6) is 0.581. The van der Waals surface area contributed by atoms with E-state index in [1.165, 1.54) is 6.33 Å². The van der Waals surface area contributed by atoms with Gasteiger partial charge in [0, 0.05) is 23.1 Å². The van der Waals surface area contributed by atoms with Crippen molar-refractivity contribution < 1.29 is 4.79 Å². The highest BCUT2D eigenvalue weighted by Crippen LogP contribution is 2.22. The number of carbonyl (C=O) groups excluding carboxylic acids is 1. The summed E-state index contributed by atoms with van der Waals surface area (Å²) in [6.07, 6.45) is 1.51. The first kappa shape index (κ1) is 16.2. The number of nitrogens with zero attached hydrogens (tertiary/aromatic N) is 3. The van der Waals surface area contributed by atoms with Gasteiger partial charge in [0.15, 0.2) is 0 Å². The third-order valence-electron chi connectivity index (χ3n) is 3.72. The summed E-state index contributed by atoms with van der Waals surface area (Å²) in [7, 11) is 1.83. The van der Waals surface area contributed by atoms with Crippen LogP contribution in [0.5, 0.6) is 0 Å². The van der Waals surface area contributed by atoms with Gasteiger partial charge >= 0.3 is 0 Å². The Morgan fingerprint density at radius 3 is 2.79 bits per heavy atom. The molecule has 0 aliphatic carbocycles. The zero-order valence-corrected chi connectivity index (χ0v) is 14.2. The van der Waals surface area contributed by atoms with Crippen LogP contribution in [0.25, 0.3) is 10.9 Å². The number of aromatic nitrogens is 2. The largest absolute Gasteiger partial charge is 0.350 e. The molecule has 2 aromatic carbocycles. The minimum atomic E-state index is -0.139. The number of aryl methyl sites for hydroxylation is 1. The Kier molecular flexibility index (Phi) is 4.62. The van der Waals surface area contributed by atoms with Crippen molar-refractivity contribution in [1.82, 2.24) is 9.97 Å². The van der Waals surface area contributed by atoms with E-state index in [1.54, 1.807) is 11.0 Å². The maximum absolute atomic E-state index is 12.3. The van der Waals surface area contributed by atoms with E-state index < -0.39 is 0 Å². The molecule has 0 aliphatic rings. The molecule has 1 heterocycles. The van der Waals surface area contributed by atoms with Gasteiger partial charge in [0.25, 0.3) is 0 Å². The van der Waals surface area contributed by atoms with Crippen LogP contribution >= 0.6 is 11.6 Å². The average Bonchev–Trinajstić information content (AvgIpc) is 2.57. The number of halogens is 1. The monoisotopic (exact) mass is 340 g/mol. The van der Waals surface area contributed by atoms with Crippen molar-refractivity contribution in [2.45, 2.75) is 6.92 Å². The lowest BCUT2D eigenvalue weighted by Gasteiger charge is -2.19. The molecule has 0 radical (unpaired) electrons. The van der Waals surface area contributed by atoms with Gasteiger partial charge in [0.2, 0.25) is 5.91 Å². The summed E-state index contributed by atoms with van der Waals surface area (Å²) >= 11 is 6.09. The van der Waals surface area contributed by atoms with Crippen LogP contribution in [0.1, 0.15) is 5.56 Å². The maximum Gasteiger partial charge on any atom is 0.243 e. The van der Waals surface area contributed by atoms with Gasteiger partial charge in [0.05, 0.1) is 12.1 Å². The van der Waals surface area contributed by atoms with Crippen LogP contribution in [-0.2, 0) is 4.79 Å². The lowest BCUT2D eigenvalue weighted by Crippen LogP contribution is -2.30. The summed E-state index contributed by atoms with van der Waals surface area (Å²) in [6, 6.07) is 13.2. The fourth-order valence-corrected chi connectivity index (χ4v) is 2.64. The van der Waals surface area contributed by atoms with E-state index >= 15 is 0 Å². The molecule has 3 rings (SSSR count). The molecule has 3 aromatic rings. The molecule has 0 fully saturated rings. The first-order valence-corrected chi connectivity index (χ1v) is 7.89. The number of likely N-dealkylation sites (N-methyl/N-ethyl adjacent to an activating group) is 1. The third-order valence-corrected chi connectivity index (χ3v) is 4.13. The Balaban J connectivity index is 1.74. The van der Waals surface area contributed by atoms with E-state index in [1.807, 2.05) is 50.4 Å². The Hall–Kier alpha value is -2.66. The van der Waals surface area contributed by atoms with Crippen LogP contribution in [0.2, 0.25) is 5.02 Å².